The van der Waals surface area contributed by atoms with Crippen LogP contribution in [-0.2, 0) is 19.6 Å². The molecule has 1 aliphatic rings. The van der Waals surface area contributed by atoms with Gasteiger partial charge in [-0.3, -0.25) is 4.79 Å². The summed E-state index contributed by atoms with van der Waals surface area (Å²) in [5, 5.41) is 14.8. The number of carboxylic acids is 2. The van der Waals surface area contributed by atoms with E-state index in [-0.39, 0.29) is 11.7 Å². The fourth-order valence-electron chi connectivity index (χ4n) is 2.34. The number of aliphatic carboxylic acids is 2. The molecule has 1 aromatic rings. The molecule has 27 heavy (non-hydrogen) atoms. The number of carbonyl (C=O) groups excluding carboxylic acids is 1. The van der Waals surface area contributed by atoms with E-state index in [2.05, 4.69) is 0 Å². The second-order valence-electron chi connectivity index (χ2n) is 5.40. The smallest absolute Gasteiger partial charge is 0.414 e. The van der Waals surface area contributed by atoms with Crippen molar-refractivity contribution in [2.75, 3.05) is 39.0 Å². The highest BCUT2D eigenvalue weighted by Crippen LogP contribution is 2.20. The SMILES string of the molecule is CCS(=O)(=O)N1CCN(C(=O)c2ccccc2OC)CC1.O=C(O)C(=O)O. The van der Waals surface area contributed by atoms with Gasteiger partial charge in [-0.05, 0) is 19.1 Å². The second kappa shape index (κ2) is 9.88. The topological polar surface area (TPSA) is 142 Å². The van der Waals surface area contributed by atoms with Gasteiger partial charge in [-0.15, -0.1) is 0 Å². The maximum Gasteiger partial charge on any atom is 0.414 e. The molecule has 1 fully saturated rings. The van der Waals surface area contributed by atoms with E-state index >= 15 is 0 Å². The highest BCUT2D eigenvalue weighted by Gasteiger charge is 2.28. The number of hydrogen-bond acceptors (Lipinski definition) is 6. The molecule has 150 valence electrons. The highest BCUT2D eigenvalue weighted by molar-refractivity contribution is 7.89. The molecule has 0 aromatic heterocycles. The molecule has 10 nitrogen and oxygen atoms in total. The van der Waals surface area contributed by atoms with Gasteiger partial charge in [0.15, 0.2) is 0 Å². The number of ether oxygens (including phenoxy) is 1. The van der Waals surface area contributed by atoms with Gasteiger partial charge in [-0.25, -0.2) is 18.0 Å². The van der Waals surface area contributed by atoms with E-state index in [9.17, 15) is 13.2 Å². The average Bonchev–Trinajstić information content (AvgIpc) is 2.67. The molecule has 1 saturated heterocycles. The molecular weight excluding hydrogens is 380 g/mol. The number of sulfonamides is 1. The van der Waals surface area contributed by atoms with Gasteiger partial charge < -0.3 is 19.8 Å². The first kappa shape index (κ1) is 22.4. The number of piperazine rings is 1. The summed E-state index contributed by atoms with van der Waals surface area (Å²) < 4.78 is 30.2. The summed E-state index contributed by atoms with van der Waals surface area (Å²) in [6.45, 7) is 3.11. The Bertz CT molecular complexity index is 773. The van der Waals surface area contributed by atoms with Crippen LogP contribution in [0.1, 0.15) is 17.3 Å². The summed E-state index contributed by atoms with van der Waals surface area (Å²) in [6.07, 6.45) is 0. The quantitative estimate of drug-likeness (QED) is 0.668. The zero-order valence-electron chi connectivity index (χ0n) is 15.0. The van der Waals surface area contributed by atoms with Gasteiger partial charge in [-0.1, -0.05) is 12.1 Å². The van der Waals surface area contributed by atoms with E-state index in [1.165, 1.54) is 11.4 Å². The predicted octanol–water partition coefficient (Wildman–Crippen LogP) is -0.0417. The predicted molar refractivity (Wildman–Crippen MR) is 95.2 cm³/mol. The maximum absolute atomic E-state index is 12.5. The third-order valence-electron chi connectivity index (χ3n) is 3.80. The lowest BCUT2D eigenvalue weighted by molar-refractivity contribution is -0.159. The van der Waals surface area contributed by atoms with Crippen molar-refractivity contribution in [2.45, 2.75) is 6.92 Å². The normalized spacial score (nSPS) is 14.7. The second-order valence-corrected chi connectivity index (χ2v) is 7.66. The molecule has 0 atom stereocenters. The van der Waals surface area contributed by atoms with Crippen LogP contribution >= 0.6 is 0 Å². The zero-order valence-corrected chi connectivity index (χ0v) is 15.8. The maximum atomic E-state index is 12.5. The molecule has 2 N–H and O–H groups in total. The Morgan fingerprint density at radius 3 is 2.00 bits per heavy atom. The molecule has 1 heterocycles. The van der Waals surface area contributed by atoms with Crippen LogP contribution in [-0.4, -0.2) is 84.7 Å². The monoisotopic (exact) mass is 402 g/mol. The van der Waals surface area contributed by atoms with Gasteiger partial charge >= 0.3 is 11.9 Å². The van der Waals surface area contributed by atoms with Crippen molar-refractivity contribution >= 4 is 27.9 Å². The van der Waals surface area contributed by atoms with Crippen LogP contribution in [0.25, 0.3) is 0 Å². The zero-order chi connectivity index (χ0) is 20.6. The fourth-order valence-corrected chi connectivity index (χ4v) is 3.43. The molecule has 0 unspecified atom stereocenters. The Kier molecular flexibility index (Phi) is 8.19. The van der Waals surface area contributed by atoms with E-state index in [0.717, 1.165) is 0 Å². The summed E-state index contributed by atoms with van der Waals surface area (Å²) >= 11 is 0. The summed E-state index contributed by atoms with van der Waals surface area (Å²) in [4.78, 5) is 32.3. The number of carbonyl (C=O) groups is 3. The first-order valence-corrected chi connectivity index (χ1v) is 9.61. The lowest BCUT2D eigenvalue weighted by Gasteiger charge is -2.34. The minimum absolute atomic E-state index is 0.0907. The average molecular weight is 402 g/mol. The first-order chi connectivity index (χ1) is 12.6. The number of carboxylic acid groups (broad SMARTS) is 2. The molecule has 0 spiro atoms. The number of hydrogen-bond donors (Lipinski definition) is 2. The summed E-state index contributed by atoms with van der Waals surface area (Å²) in [5.74, 6) is -3.15. The first-order valence-electron chi connectivity index (χ1n) is 8.00. The Labute approximate surface area is 157 Å². The molecule has 1 amide bonds. The molecule has 11 heteroatoms. The lowest BCUT2D eigenvalue weighted by atomic mass is 10.1. The number of methoxy groups -OCH3 is 1. The third kappa shape index (κ3) is 6.22. The number of rotatable bonds is 4. The minimum Gasteiger partial charge on any atom is -0.496 e. The van der Waals surface area contributed by atoms with Gasteiger partial charge in [-0.2, -0.15) is 4.31 Å². The number of benzene rings is 1. The Hall–Kier alpha value is -2.66. The van der Waals surface area contributed by atoms with Crippen LogP contribution < -0.4 is 4.74 Å². The van der Waals surface area contributed by atoms with Gasteiger partial charge in [0.2, 0.25) is 10.0 Å². The van der Waals surface area contributed by atoms with Crippen molar-refractivity contribution in [3.63, 3.8) is 0 Å². The Balaban J connectivity index is 0.000000527. The van der Waals surface area contributed by atoms with Gasteiger partial charge in [0.1, 0.15) is 5.75 Å². The Morgan fingerprint density at radius 1 is 1.04 bits per heavy atom. The van der Waals surface area contributed by atoms with Crippen LogP contribution in [0, 0.1) is 0 Å². The third-order valence-corrected chi connectivity index (χ3v) is 5.69. The molecule has 0 saturated carbocycles. The van der Waals surface area contributed by atoms with E-state index < -0.39 is 22.0 Å². The molecule has 0 aliphatic carbocycles. The number of nitrogens with zero attached hydrogens (tertiary/aromatic N) is 2. The minimum atomic E-state index is -3.18. The van der Waals surface area contributed by atoms with Crippen LogP contribution in [0.4, 0.5) is 0 Å². The van der Waals surface area contributed by atoms with Crippen molar-refractivity contribution in [1.29, 1.82) is 0 Å². The molecular formula is C16H22N2O8S. The van der Waals surface area contributed by atoms with Crippen LogP contribution in [0.2, 0.25) is 0 Å². The van der Waals surface area contributed by atoms with Gasteiger partial charge in [0, 0.05) is 26.2 Å². The van der Waals surface area contributed by atoms with Crippen LogP contribution in [0.15, 0.2) is 24.3 Å². The van der Waals surface area contributed by atoms with Crippen molar-refractivity contribution in [2.24, 2.45) is 0 Å². The Morgan fingerprint density at radius 2 is 1.56 bits per heavy atom. The van der Waals surface area contributed by atoms with Crippen LogP contribution in [0.3, 0.4) is 0 Å². The molecule has 1 aliphatic heterocycles. The number of para-hydroxylation sites is 1. The van der Waals surface area contributed by atoms with Crippen molar-refractivity contribution in [3.8, 4) is 5.75 Å². The lowest BCUT2D eigenvalue weighted by Crippen LogP contribution is -2.50. The molecule has 0 bridgehead atoms. The largest absolute Gasteiger partial charge is 0.496 e. The summed E-state index contributed by atoms with van der Waals surface area (Å²) in [7, 11) is -1.65. The van der Waals surface area contributed by atoms with Crippen LogP contribution in [0.5, 0.6) is 5.75 Å². The molecule has 0 radical (unpaired) electrons. The summed E-state index contributed by atoms with van der Waals surface area (Å²) in [5.41, 5.74) is 0.506. The van der Waals surface area contributed by atoms with Crippen molar-refractivity contribution in [3.05, 3.63) is 29.8 Å². The standard InChI is InChI=1S/C14H20N2O4S.C2H2O4/c1-3-21(18,19)16-10-8-15(9-11-16)14(17)12-6-4-5-7-13(12)20-2;3-1(4)2(5)6/h4-7H,3,8-11H2,1-2H3;(H,3,4)(H,5,6). The molecule has 2 rings (SSSR count). The number of amides is 1. The van der Waals surface area contributed by atoms with E-state index in [1.54, 1.807) is 36.1 Å². The summed E-state index contributed by atoms with van der Waals surface area (Å²) in [6, 6.07) is 7.05. The van der Waals surface area contributed by atoms with Gasteiger partial charge in [0.25, 0.3) is 5.91 Å². The fraction of sp³-hybridized carbons (Fsp3) is 0.438. The van der Waals surface area contributed by atoms with E-state index in [0.29, 0.717) is 37.5 Å². The van der Waals surface area contributed by atoms with Crippen molar-refractivity contribution < 1.29 is 37.8 Å². The highest BCUT2D eigenvalue weighted by atomic mass is 32.2. The van der Waals surface area contributed by atoms with E-state index in [1.807, 2.05) is 0 Å². The van der Waals surface area contributed by atoms with Gasteiger partial charge in [0.05, 0.1) is 18.4 Å². The van der Waals surface area contributed by atoms with E-state index in [4.69, 9.17) is 24.5 Å². The molecule has 1 aromatic carbocycles. The van der Waals surface area contributed by atoms with Crippen molar-refractivity contribution in [1.82, 2.24) is 9.21 Å².